The van der Waals surface area contributed by atoms with Gasteiger partial charge in [0.2, 0.25) is 0 Å². The van der Waals surface area contributed by atoms with E-state index in [2.05, 4.69) is 238 Å². The highest BCUT2D eigenvalue weighted by atomic mass is 16.3. The van der Waals surface area contributed by atoms with Crippen LogP contribution in [0, 0.1) is 0 Å². The van der Waals surface area contributed by atoms with Crippen molar-refractivity contribution in [2.24, 2.45) is 0 Å². The van der Waals surface area contributed by atoms with Crippen LogP contribution in [-0.4, -0.2) is 6.71 Å². The van der Waals surface area contributed by atoms with Crippen molar-refractivity contribution in [3.8, 4) is 11.1 Å². The zero-order valence-electron chi connectivity index (χ0n) is 41.9. The molecule has 348 valence electrons. The van der Waals surface area contributed by atoms with Crippen LogP contribution in [0.25, 0.3) is 33.1 Å². The van der Waals surface area contributed by atoms with E-state index in [0.717, 1.165) is 94.5 Å². The van der Waals surface area contributed by atoms with Crippen LogP contribution in [0.1, 0.15) is 74.9 Å². The van der Waals surface area contributed by atoms with E-state index in [-0.39, 0.29) is 6.71 Å². The highest BCUT2D eigenvalue weighted by Gasteiger charge is 2.45. The lowest BCUT2D eigenvalue weighted by Gasteiger charge is -2.46. The molecule has 0 fully saturated rings. The topological polar surface area (TPSA) is 22.9 Å². The minimum Gasteiger partial charge on any atom is -0.455 e. The van der Waals surface area contributed by atoms with E-state index in [1.807, 2.05) is 0 Å². The Morgan fingerprint density at radius 3 is 1.49 bits per heavy atom. The molecule has 0 radical (unpaired) electrons. The average Bonchev–Trinajstić information content (AvgIpc) is 3.82. The standard InChI is InChI=1S/C66H60BN3O/c1-7-43-20-29-49(30-21-43)68(50-31-22-44(8-2)23-32-50)53-41-61-64-62(42-53)70(52-35-26-46(10-4)27-36-52)65-57(56-18-15-17-55-54-16-13-14-19-63(54)71-66(55)56)38-48(12-6)40-59(65)67(64)58-39-47(11-5)28-37-60(58)69(61)51-33-24-45(9-3)25-34-51/h13-42H,7-12H2,1-6H3. The molecule has 0 bridgehead atoms. The summed E-state index contributed by atoms with van der Waals surface area (Å²) < 4.78 is 6.94. The molecule has 0 atom stereocenters. The SMILES string of the molecule is CCc1ccc(N(c2ccc(CC)cc2)c2cc3c4c(c2)N(c2ccc(CC)cc2)c2c(cc(CC)cc2-c2cccc5c2oc2ccccc25)B4c2cc(CC)ccc2N3c2ccc(CC)cc2)cc1. The van der Waals surface area contributed by atoms with Gasteiger partial charge in [0.15, 0.2) is 0 Å². The summed E-state index contributed by atoms with van der Waals surface area (Å²) in [4.78, 5) is 7.65. The smallest absolute Gasteiger partial charge is 0.252 e. The van der Waals surface area contributed by atoms with Gasteiger partial charge in [-0.1, -0.05) is 145 Å². The molecule has 1 aromatic heterocycles. The summed E-state index contributed by atoms with van der Waals surface area (Å²) in [6.45, 7) is 13.5. The Bertz CT molecular complexity index is 3560. The molecule has 5 heteroatoms. The molecule has 2 aliphatic rings. The number of rotatable bonds is 12. The van der Waals surface area contributed by atoms with Gasteiger partial charge in [-0.25, -0.2) is 0 Å². The summed E-state index contributed by atoms with van der Waals surface area (Å²) in [6, 6.07) is 69.4. The predicted molar refractivity (Wildman–Crippen MR) is 304 cm³/mol. The van der Waals surface area contributed by atoms with Crippen LogP contribution >= 0.6 is 0 Å². The summed E-state index contributed by atoms with van der Waals surface area (Å²) in [5, 5.41) is 2.27. The Hall–Kier alpha value is -7.76. The van der Waals surface area contributed by atoms with E-state index in [9.17, 15) is 0 Å². The molecule has 0 spiro atoms. The van der Waals surface area contributed by atoms with Crippen LogP contribution in [0.15, 0.2) is 186 Å². The largest absolute Gasteiger partial charge is 0.455 e. The van der Waals surface area contributed by atoms with Crippen molar-refractivity contribution in [3.05, 3.63) is 215 Å². The van der Waals surface area contributed by atoms with Crippen molar-refractivity contribution in [2.75, 3.05) is 14.7 Å². The first-order chi connectivity index (χ1) is 34.9. The summed E-state index contributed by atoms with van der Waals surface area (Å²) in [7, 11) is 0. The zero-order chi connectivity index (χ0) is 48.3. The number of fused-ring (bicyclic) bond motifs is 7. The van der Waals surface area contributed by atoms with Gasteiger partial charge in [0.25, 0.3) is 6.71 Å². The molecule has 4 nitrogen and oxygen atoms in total. The van der Waals surface area contributed by atoms with Crippen molar-refractivity contribution >= 4 is 96.2 Å². The Balaban J connectivity index is 1.24. The van der Waals surface area contributed by atoms with Gasteiger partial charge < -0.3 is 19.1 Å². The number of anilines is 9. The van der Waals surface area contributed by atoms with Gasteiger partial charge >= 0.3 is 0 Å². The third-order valence-corrected chi connectivity index (χ3v) is 15.4. The van der Waals surface area contributed by atoms with E-state index in [0.29, 0.717) is 0 Å². The van der Waals surface area contributed by atoms with Crippen LogP contribution in [0.2, 0.25) is 0 Å². The molecular weight excluding hydrogens is 862 g/mol. The Morgan fingerprint density at radius 2 is 0.901 bits per heavy atom. The fourth-order valence-electron chi connectivity index (χ4n) is 11.5. The van der Waals surface area contributed by atoms with Crippen molar-refractivity contribution in [2.45, 2.75) is 80.1 Å². The minimum absolute atomic E-state index is 0.0656. The van der Waals surface area contributed by atoms with Crippen molar-refractivity contribution in [1.82, 2.24) is 0 Å². The average molecular weight is 922 g/mol. The molecule has 9 aromatic carbocycles. The maximum absolute atomic E-state index is 6.94. The van der Waals surface area contributed by atoms with Crippen molar-refractivity contribution in [3.63, 3.8) is 0 Å². The highest BCUT2D eigenvalue weighted by molar-refractivity contribution is 7.00. The van der Waals surface area contributed by atoms with Gasteiger partial charge in [0.1, 0.15) is 11.2 Å². The summed E-state index contributed by atoms with van der Waals surface area (Å²) >= 11 is 0. The van der Waals surface area contributed by atoms with E-state index in [1.165, 1.54) is 78.1 Å². The summed E-state index contributed by atoms with van der Waals surface area (Å²) in [6.07, 6.45) is 5.76. The second-order valence-corrected chi connectivity index (χ2v) is 19.4. The number of aryl methyl sites for hydroxylation is 6. The van der Waals surface area contributed by atoms with E-state index >= 15 is 0 Å². The fraction of sp³-hybridized carbons (Fsp3) is 0.182. The molecule has 12 rings (SSSR count). The van der Waals surface area contributed by atoms with Crippen molar-refractivity contribution < 1.29 is 4.42 Å². The van der Waals surface area contributed by atoms with Gasteiger partial charge in [-0.2, -0.15) is 0 Å². The molecule has 71 heavy (non-hydrogen) atoms. The number of hydrogen-bond donors (Lipinski definition) is 0. The first kappa shape index (κ1) is 44.5. The molecule has 0 N–H and O–H groups in total. The second-order valence-electron chi connectivity index (χ2n) is 19.4. The molecule has 0 unspecified atom stereocenters. The molecule has 0 aliphatic carbocycles. The van der Waals surface area contributed by atoms with Gasteiger partial charge in [-0.15, -0.1) is 0 Å². The molecule has 0 saturated carbocycles. The minimum atomic E-state index is -0.0656. The second kappa shape index (κ2) is 18.2. The van der Waals surface area contributed by atoms with Crippen molar-refractivity contribution in [1.29, 1.82) is 0 Å². The lowest BCUT2D eigenvalue weighted by atomic mass is 9.33. The summed E-state index contributed by atoms with van der Waals surface area (Å²) in [5.74, 6) is 0. The first-order valence-electron chi connectivity index (χ1n) is 26.1. The maximum Gasteiger partial charge on any atom is 0.252 e. The molecule has 10 aromatic rings. The quantitative estimate of drug-likeness (QED) is 0.114. The van der Waals surface area contributed by atoms with Crippen LogP contribution in [-0.2, 0) is 38.5 Å². The normalized spacial score (nSPS) is 12.6. The number of hydrogen-bond acceptors (Lipinski definition) is 4. The summed E-state index contributed by atoms with van der Waals surface area (Å²) in [5.41, 5.74) is 26.4. The zero-order valence-corrected chi connectivity index (χ0v) is 41.9. The van der Waals surface area contributed by atoms with E-state index < -0.39 is 0 Å². The molecule has 2 aliphatic heterocycles. The lowest BCUT2D eigenvalue weighted by molar-refractivity contribution is 0.670. The Morgan fingerprint density at radius 1 is 0.394 bits per heavy atom. The monoisotopic (exact) mass is 921 g/mol. The van der Waals surface area contributed by atoms with Gasteiger partial charge in [0.05, 0.1) is 5.69 Å². The van der Waals surface area contributed by atoms with Gasteiger partial charge in [0, 0.05) is 67.4 Å². The molecular formula is C66H60BN3O. The van der Waals surface area contributed by atoms with E-state index in [1.54, 1.807) is 0 Å². The first-order valence-corrected chi connectivity index (χ1v) is 26.1. The maximum atomic E-state index is 6.94. The van der Waals surface area contributed by atoms with Crippen LogP contribution in [0.5, 0.6) is 0 Å². The Labute approximate surface area is 419 Å². The van der Waals surface area contributed by atoms with Crippen LogP contribution < -0.4 is 31.1 Å². The third-order valence-electron chi connectivity index (χ3n) is 15.4. The number of para-hydroxylation sites is 2. The molecule has 0 amide bonds. The Kier molecular flexibility index (Phi) is 11.4. The van der Waals surface area contributed by atoms with E-state index in [4.69, 9.17) is 4.42 Å². The fourth-order valence-corrected chi connectivity index (χ4v) is 11.5. The van der Waals surface area contributed by atoms with Crippen LogP contribution in [0.3, 0.4) is 0 Å². The number of benzene rings is 9. The van der Waals surface area contributed by atoms with Crippen LogP contribution in [0.4, 0.5) is 51.2 Å². The molecule has 0 saturated heterocycles. The molecule has 3 heterocycles. The van der Waals surface area contributed by atoms with Gasteiger partial charge in [-0.05, 0) is 167 Å². The van der Waals surface area contributed by atoms with Gasteiger partial charge in [-0.3, -0.25) is 0 Å². The highest BCUT2D eigenvalue weighted by Crippen LogP contribution is 2.51. The number of nitrogens with zero attached hydrogens (tertiary/aromatic N) is 3. The third kappa shape index (κ3) is 7.44. The predicted octanol–water partition coefficient (Wildman–Crippen LogP) is 16.2. The lowest BCUT2D eigenvalue weighted by Crippen LogP contribution is -2.61. The number of furan rings is 1.